The second kappa shape index (κ2) is 5.34. The van der Waals surface area contributed by atoms with E-state index in [1.54, 1.807) is 0 Å². The fourth-order valence-electron chi connectivity index (χ4n) is 2.91. The van der Waals surface area contributed by atoms with Crippen LogP contribution in [0.3, 0.4) is 0 Å². The Kier molecular flexibility index (Phi) is 3.82. The van der Waals surface area contributed by atoms with Gasteiger partial charge in [0.15, 0.2) is 0 Å². The van der Waals surface area contributed by atoms with E-state index in [1.807, 2.05) is 0 Å². The van der Waals surface area contributed by atoms with Crippen LogP contribution in [0.15, 0.2) is 30.3 Å². The Labute approximate surface area is 93.7 Å². The normalized spacial score (nSPS) is 26.5. The quantitative estimate of drug-likeness (QED) is 0.679. The van der Waals surface area contributed by atoms with Gasteiger partial charge in [0.1, 0.15) is 0 Å². The molecule has 0 aromatic heterocycles. The van der Waals surface area contributed by atoms with Gasteiger partial charge < -0.3 is 0 Å². The van der Waals surface area contributed by atoms with E-state index >= 15 is 0 Å². The molecule has 1 saturated carbocycles. The summed E-state index contributed by atoms with van der Waals surface area (Å²) in [5.74, 6) is 1.96. The molecule has 0 heterocycles. The molecular weight excluding hydrogens is 180 g/mol. The first-order chi connectivity index (χ1) is 7.38. The summed E-state index contributed by atoms with van der Waals surface area (Å²) in [5, 5.41) is 0. The smallest absolute Gasteiger partial charge is 0.0250 e. The SMILES string of the molecule is CCC1CCCC(Cc2ccccc2)C1. The summed E-state index contributed by atoms with van der Waals surface area (Å²) in [7, 11) is 0. The second-order valence-corrected chi connectivity index (χ2v) is 5.00. The molecule has 1 aromatic rings. The van der Waals surface area contributed by atoms with E-state index in [2.05, 4.69) is 37.3 Å². The van der Waals surface area contributed by atoms with E-state index in [1.165, 1.54) is 44.1 Å². The molecule has 0 heteroatoms. The molecule has 0 aliphatic heterocycles. The van der Waals surface area contributed by atoms with E-state index < -0.39 is 0 Å². The molecular formula is C15H22. The highest BCUT2D eigenvalue weighted by Gasteiger charge is 2.20. The van der Waals surface area contributed by atoms with E-state index in [0.717, 1.165) is 11.8 Å². The first kappa shape index (κ1) is 10.7. The third kappa shape index (κ3) is 3.09. The maximum Gasteiger partial charge on any atom is -0.0250 e. The van der Waals surface area contributed by atoms with E-state index in [4.69, 9.17) is 0 Å². The van der Waals surface area contributed by atoms with Crippen molar-refractivity contribution in [2.75, 3.05) is 0 Å². The van der Waals surface area contributed by atoms with Gasteiger partial charge in [-0.2, -0.15) is 0 Å². The van der Waals surface area contributed by atoms with Gasteiger partial charge in [-0.3, -0.25) is 0 Å². The molecule has 0 radical (unpaired) electrons. The molecule has 1 aliphatic carbocycles. The Morgan fingerprint density at radius 2 is 1.80 bits per heavy atom. The highest BCUT2D eigenvalue weighted by Crippen LogP contribution is 2.32. The van der Waals surface area contributed by atoms with Crippen LogP contribution in [0.1, 0.15) is 44.6 Å². The summed E-state index contributed by atoms with van der Waals surface area (Å²) in [4.78, 5) is 0. The van der Waals surface area contributed by atoms with Crippen molar-refractivity contribution >= 4 is 0 Å². The molecule has 15 heavy (non-hydrogen) atoms. The molecule has 2 unspecified atom stereocenters. The number of rotatable bonds is 3. The fraction of sp³-hybridized carbons (Fsp3) is 0.600. The lowest BCUT2D eigenvalue weighted by atomic mass is 9.78. The fourth-order valence-corrected chi connectivity index (χ4v) is 2.91. The molecule has 1 fully saturated rings. The zero-order valence-electron chi connectivity index (χ0n) is 9.78. The molecule has 0 nitrogen and oxygen atoms in total. The third-order valence-corrected chi connectivity index (χ3v) is 3.84. The Bertz CT molecular complexity index is 275. The molecule has 2 rings (SSSR count). The molecule has 0 N–H and O–H groups in total. The van der Waals surface area contributed by atoms with Crippen molar-refractivity contribution in [3.63, 3.8) is 0 Å². The summed E-state index contributed by atoms with van der Waals surface area (Å²) >= 11 is 0. The van der Waals surface area contributed by atoms with Crippen molar-refractivity contribution in [2.24, 2.45) is 11.8 Å². The van der Waals surface area contributed by atoms with Crippen LogP contribution in [-0.4, -0.2) is 0 Å². The molecule has 0 spiro atoms. The van der Waals surface area contributed by atoms with Gasteiger partial charge in [0.2, 0.25) is 0 Å². The maximum absolute atomic E-state index is 2.34. The van der Waals surface area contributed by atoms with Crippen LogP contribution in [0.5, 0.6) is 0 Å². The van der Waals surface area contributed by atoms with E-state index in [0.29, 0.717) is 0 Å². The highest BCUT2D eigenvalue weighted by atomic mass is 14.3. The van der Waals surface area contributed by atoms with Gasteiger partial charge >= 0.3 is 0 Å². The van der Waals surface area contributed by atoms with Crippen LogP contribution >= 0.6 is 0 Å². The van der Waals surface area contributed by atoms with Gasteiger partial charge in [0.25, 0.3) is 0 Å². The third-order valence-electron chi connectivity index (χ3n) is 3.84. The van der Waals surface area contributed by atoms with Crippen molar-refractivity contribution in [3.8, 4) is 0 Å². The van der Waals surface area contributed by atoms with Crippen molar-refractivity contribution in [1.29, 1.82) is 0 Å². The average molecular weight is 202 g/mol. The first-order valence-electron chi connectivity index (χ1n) is 6.42. The van der Waals surface area contributed by atoms with Crippen LogP contribution in [-0.2, 0) is 6.42 Å². The molecule has 0 bridgehead atoms. The van der Waals surface area contributed by atoms with Gasteiger partial charge in [-0.15, -0.1) is 0 Å². The summed E-state index contributed by atoms with van der Waals surface area (Å²) in [6.07, 6.45) is 8.53. The van der Waals surface area contributed by atoms with Crippen molar-refractivity contribution in [3.05, 3.63) is 35.9 Å². The Balaban J connectivity index is 1.89. The minimum Gasteiger partial charge on any atom is -0.0651 e. The minimum atomic E-state index is 0.950. The minimum absolute atomic E-state index is 0.950. The van der Waals surface area contributed by atoms with E-state index in [-0.39, 0.29) is 0 Å². The Morgan fingerprint density at radius 1 is 1.07 bits per heavy atom. The zero-order chi connectivity index (χ0) is 10.5. The summed E-state index contributed by atoms with van der Waals surface area (Å²) in [6.45, 7) is 2.34. The van der Waals surface area contributed by atoms with Gasteiger partial charge in [-0.1, -0.05) is 62.9 Å². The summed E-state index contributed by atoms with van der Waals surface area (Å²) < 4.78 is 0. The van der Waals surface area contributed by atoms with Crippen molar-refractivity contribution < 1.29 is 0 Å². The van der Waals surface area contributed by atoms with Crippen LogP contribution in [0, 0.1) is 11.8 Å². The van der Waals surface area contributed by atoms with E-state index in [9.17, 15) is 0 Å². The molecule has 1 aliphatic rings. The predicted octanol–water partition coefficient (Wildman–Crippen LogP) is 4.45. The van der Waals surface area contributed by atoms with Crippen molar-refractivity contribution in [1.82, 2.24) is 0 Å². The highest BCUT2D eigenvalue weighted by molar-refractivity contribution is 5.15. The van der Waals surface area contributed by atoms with Crippen LogP contribution in [0.2, 0.25) is 0 Å². The first-order valence-corrected chi connectivity index (χ1v) is 6.42. The summed E-state index contributed by atoms with van der Waals surface area (Å²) in [5.41, 5.74) is 1.53. The van der Waals surface area contributed by atoms with Crippen molar-refractivity contribution in [2.45, 2.75) is 45.4 Å². The Hall–Kier alpha value is -0.780. The molecule has 1 aromatic carbocycles. The monoisotopic (exact) mass is 202 g/mol. The number of benzene rings is 1. The lowest BCUT2D eigenvalue weighted by Crippen LogP contribution is -2.16. The lowest BCUT2D eigenvalue weighted by molar-refractivity contribution is 0.259. The predicted molar refractivity (Wildman–Crippen MR) is 65.9 cm³/mol. The zero-order valence-corrected chi connectivity index (χ0v) is 9.78. The van der Waals surface area contributed by atoms with Gasteiger partial charge in [0, 0.05) is 0 Å². The van der Waals surface area contributed by atoms with Gasteiger partial charge in [-0.25, -0.2) is 0 Å². The van der Waals surface area contributed by atoms with Crippen LogP contribution < -0.4 is 0 Å². The van der Waals surface area contributed by atoms with Gasteiger partial charge in [-0.05, 0) is 30.2 Å². The second-order valence-electron chi connectivity index (χ2n) is 5.00. The largest absolute Gasteiger partial charge is 0.0651 e. The summed E-state index contributed by atoms with van der Waals surface area (Å²) in [6, 6.07) is 11.0. The van der Waals surface area contributed by atoms with Crippen LogP contribution in [0.25, 0.3) is 0 Å². The lowest BCUT2D eigenvalue weighted by Gasteiger charge is -2.28. The molecule has 2 atom stereocenters. The molecule has 0 amide bonds. The molecule has 82 valence electrons. The standard InChI is InChI=1S/C15H22/c1-2-13-9-6-10-15(11-13)12-14-7-4-3-5-8-14/h3-5,7-8,13,15H,2,6,9-12H2,1H3. The molecule has 0 saturated heterocycles. The van der Waals surface area contributed by atoms with Gasteiger partial charge in [0.05, 0.1) is 0 Å². The van der Waals surface area contributed by atoms with Crippen LogP contribution in [0.4, 0.5) is 0 Å². The number of hydrogen-bond acceptors (Lipinski definition) is 0. The number of hydrogen-bond donors (Lipinski definition) is 0. The topological polar surface area (TPSA) is 0 Å². The Morgan fingerprint density at radius 3 is 2.53 bits per heavy atom. The maximum atomic E-state index is 2.34. The average Bonchev–Trinajstić information content (AvgIpc) is 2.31.